The zero-order valence-electron chi connectivity index (χ0n) is 12.6. The first-order valence-corrected chi connectivity index (χ1v) is 7.56. The molecule has 0 bridgehead atoms. The fourth-order valence-corrected chi connectivity index (χ4v) is 2.78. The zero-order valence-corrected chi connectivity index (χ0v) is 12.6. The number of nitrogens with zero attached hydrogens (tertiary/aromatic N) is 1. The second kappa shape index (κ2) is 6.22. The Morgan fingerprint density at radius 2 is 2.18 bits per heavy atom. The van der Waals surface area contributed by atoms with Crippen molar-refractivity contribution in [3.8, 4) is 5.75 Å². The van der Waals surface area contributed by atoms with Crippen molar-refractivity contribution < 1.29 is 13.9 Å². The normalized spacial score (nSPS) is 18.4. The van der Waals surface area contributed by atoms with Gasteiger partial charge in [-0.3, -0.25) is 4.79 Å². The maximum atomic E-state index is 12.2. The van der Waals surface area contributed by atoms with Gasteiger partial charge in [0.2, 0.25) is 0 Å². The van der Waals surface area contributed by atoms with E-state index in [1.165, 1.54) is 12.5 Å². The number of rotatable bonds is 3. The van der Waals surface area contributed by atoms with Gasteiger partial charge in [-0.1, -0.05) is 6.92 Å². The van der Waals surface area contributed by atoms with Crippen molar-refractivity contribution >= 4 is 16.9 Å². The Bertz CT molecular complexity index is 737. The number of amides is 1. The fourth-order valence-electron chi connectivity index (χ4n) is 2.78. The number of likely N-dealkylation sites (tertiary alicyclic amines) is 1. The van der Waals surface area contributed by atoms with Crippen molar-refractivity contribution in [3.63, 3.8) is 0 Å². The van der Waals surface area contributed by atoms with E-state index in [0.717, 1.165) is 24.9 Å². The molecule has 2 aromatic rings. The first kappa shape index (κ1) is 14.6. The van der Waals surface area contributed by atoms with Crippen LogP contribution in [0.3, 0.4) is 0 Å². The monoisotopic (exact) mass is 301 g/mol. The average molecular weight is 301 g/mol. The highest BCUT2D eigenvalue weighted by atomic mass is 16.5. The lowest BCUT2D eigenvalue weighted by molar-refractivity contribution is -0.135. The van der Waals surface area contributed by atoms with Crippen LogP contribution in [0.4, 0.5) is 0 Å². The summed E-state index contributed by atoms with van der Waals surface area (Å²) in [7, 11) is 0. The molecular weight excluding hydrogens is 282 g/mol. The molecule has 1 amide bonds. The molecule has 0 radical (unpaired) electrons. The Morgan fingerprint density at radius 1 is 1.36 bits per heavy atom. The fraction of sp³-hybridized carbons (Fsp3) is 0.412. The number of piperidine rings is 1. The highest BCUT2D eigenvalue weighted by Gasteiger charge is 2.21. The number of hydrogen-bond acceptors (Lipinski definition) is 4. The van der Waals surface area contributed by atoms with Crippen molar-refractivity contribution in [1.29, 1.82) is 0 Å². The molecule has 0 N–H and O–H groups in total. The van der Waals surface area contributed by atoms with Crippen LogP contribution < -0.4 is 10.4 Å². The van der Waals surface area contributed by atoms with Crippen LogP contribution in [0.25, 0.3) is 11.0 Å². The van der Waals surface area contributed by atoms with Crippen molar-refractivity contribution in [3.05, 3.63) is 40.8 Å². The lowest BCUT2D eigenvalue weighted by atomic mass is 10.0. The van der Waals surface area contributed by atoms with Crippen LogP contribution in [0.5, 0.6) is 5.75 Å². The summed E-state index contributed by atoms with van der Waals surface area (Å²) < 4.78 is 10.7. The maximum Gasteiger partial charge on any atom is 0.336 e. The SMILES string of the molecule is C[C@H]1CCCN(C(=O)COc2ccc3ccc(=O)oc3c2)C1. The topological polar surface area (TPSA) is 59.8 Å². The molecule has 22 heavy (non-hydrogen) atoms. The van der Waals surface area contributed by atoms with Gasteiger partial charge >= 0.3 is 5.63 Å². The largest absolute Gasteiger partial charge is 0.484 e. The number of ether oxygens (including phenoxy) is 1. The molecule has 1 aromatic carbocycles. The first-order chi connectivity index (χ1) is 10.6. The molecule has 1 saturated heterocycles. The average Bonchev–Trinajstić information content (AvgIpc) is 2.52. The number of fused-ring (bicyclic) bond motifs is 1. The summed E-state index contributed by atoms with van der Waals surface area (Å²) in [6, 6.07) is 8.30. The third kappa shape index (κ3) is 3.30. The second-order valence-electron chi connectivity index (χ2n) is 5.83. The molecule has 1 aromatic heterocycles. The molecule has 0 saturated carbocycles. The molecule has 1 fully saturated rings. The summed E-state index contributed by atoms with van der Waals surface area (Å²) in [5, 5.41) is 0.822. The number of carbonyl (C=O) groups is 1. The van der Waals surface area contributed by atoms with Gasteiger partial charge in [-0.05, 0) is 37.0 Å². The van der Waals surface area contributed by atoms with E-state index < -0.39 is 5.63 Å². The summed E-state index contributed by atoms with van der Waals surface area (Å²) >= 11 is 0. The van der Waals surface area contributed by atoms with E-state index in [-0.39, 0.29) is 12.5 Å². The summed E-state index contributed by atoms with van der Waals surface area (Å²) in [4.78, 5) is 25.2. The van der Waals surface area contributed by atoms with Gasteiger partial charge in [-0.2, -0.15) is 0 Å². The van der Waals surface area contributed by atoms with Gasteiger partial charge in [0.25, 0.3) is 5.91 Å². The Balaban J connectivity index is 1.65. The molecule has 1 aliphatic rings. The lowest BCUT2D eigenvalue weighted by Crippen LogP contribution is -2.41. The smallest absolute Gasteiger partial charge is 0.336 e. The van der Waals surface area contributed by atoms with Crippen LogP contribution in [0.1, 0.15) is 19.8 Å². The Labute approximate surface area is 128 Å². The van der Waals surface area contributed by atoms with Crippen molar-refractivity contribution in [2.75, 3.05) is 19.7 Å². The van der Waals surface area contributed by atoms with Gasteiger partial charge in [0, 0.05) is 30.6 Å². The quantitative estimate of drug-likeness (QED) is 0.817. The molecular formula is C17H19NO4. The minimum absolute atomic E-state index is 0.00108. The van der Waals surface area contributed by atoms with Gasteiger partial charge in [0.15, 0.2) is 6.61 Å². The van der Waals surface area contributed by atoms with Crippen LogP contribution in [0.15, 0.2) is 39.5 Å². The molecule has 5 heteroatoms. The molecule has 116 valence electrons. The third-order valence-corrected chi connectivity index (χ3v) is 3.97. The summed E-state index contributed by atoms with van der Waals surface area (Å²) in [5.74, 6) is 1.08. The van der Waals surface area contributed by atoms with Crippen molar-refractivity contribution in [2.45, 2.75) is 19.8 Å². The zero-order chi connectivity index (χ0) is 15.5. The Kier molecular flexibility index (Phi) is 4.13. The van der Waals surface area contributed by atoms with Crippen LogP contribution in [-0.4, -0.2) is 30.5 Å². The number of hydrogen-bond donors (Lipinski definition) is 0. The van der Waals surface area contributed by atoms with E-state index in [4.69, 9.17) is 9.15 Å². The second-order valence-corrected chi connectivity index (χ2v) is 5.83. The van der Waals surface area contributed by atoms with E-state index in [9.17, 15) is 9.59 Å². The minimum atomic E-state index is -0.400. The maximum absolute atomic E-state index is 12.2. The molecule has 0 spiro atoms. The Morgan fingerprint density at radius 3 is 3.00 bits per heavy atom. The summed E-state index contributed by atoms with van der Waals surface area (Å²) in [5.41, 5.74) is 0.0621. The Hall–Kier alpha value is -2.30. The van der Waals surface area contributed by atoms with E-state index in [1.54, 1.807) is 24.3 Å². The van der Waals surface area contributed by atoms with E-state index in [0.29, 0.717) is 17.3 Å². The molecule has 5 nitrogen and oxygen atoms in total. The van der Waals surface area contributed by atoms with Crippen molar-refractivity contribution in [2.24, 2.45) is 5.92 Å². The van der Waals surface area contributed by atoms with E-state index in [2.05, 4.69) is 6.92 Å². The molecule has 1 aliphatic heterocycles. The van der Waals surface area contributed by atoms with E-state index in [1.807, 2.05) is 4.90 Å². The predicted octanol–water partition coefficient (Wildman–Crippen LogP) is 2.43. The van der Waals surface area contributed by atoms with Gasteiger partial charge in [-0.25, -0.2) is 4.79 Å². The highest BCUT2D eigenvalue weighted by molar-refractivity contribution is 5.79. The standard InChI is InChI=1S/C17H19NO4/c1-12-3-2-8-18(10-12)16(19)11-21-14-6-4-13-5-7-17(20)22-15(13)9-14/h4-7,9,12H,2-3,8,10-11H2,1H3/t12-/m0/s1. The highest BCUT2D eigenvalue weighted by Crippen LogP contribution is 2.20. The molecule has 3 rings (SSSR count). The van der Waals surface area contributed by atoms with Gasteiger partial charge in [0.1, 0.15) is 11.3 Å². The third-order valence-electron chi connectivity index (χ3n) is 3.97. The predicted molar refractivity (Wildman–Crippen MR) is 83.0 cm³/mol. The molecule has 0 unspecified atom stereocenters. The van der Waals surface area contributed by atoms with Crippen molar-refractivity contribution in [1.82, 2.24) is 4.90 Å². The molecule has 1 atom stereocenters. The number of carbonyl (C=O) groups excluding carboxylic acids is 1. The lowest BCUT2D eigenvalue weighted by Gasteiger charge is -2.30. The van der Waals surface area contributed by atoms with Gasteiger partial charge in [-0.15, -0.1) is 0 Å². The molecule has 0 aliphatic carbocycles. The van der Waals surface area contributed by atoms with Gasteiger partial charge < -0.3 is 14.1 Å². The first-order valence-electron chi connectivity index (χ1n) is 7.56. The summed E-state index contributed by atoms with van der Waals surface area (Å²) in [6.45, 7) is 3.77. The van der Waals surface area contributed by atoms with Gasteiger partial charge in [0.05, 0.1) is 0 Å². The molecule has 2 heterocycles. The minimum Gasteiger partial charge on any atom is -0.484 e. The van der Waals surface area contributed by atoms with Crippen LogP contribution in [0, 0.1) is 5.92 Å². The van der Waals surface area contributed by atoms with Crippen LogP contribution in [0.2, 0.25) is 0 Å². The van der Waals surface area contributed by atoms with E-state index >= 15 is 0 Å². The number of benzene rings is 1. The van der Waals surface area contributed by atoms with Crippen LogP contribution >= 0.6 is 0 Å². The van der Waals surface area contributed by atoms with Crippen LogP contribution in [-0.2, 0) is 4.79 Å². The summed E-state index contributed by atoms with van der Waals surface area (Å²) in [6.07, 6.45) is 2.22.